The van der Waals surface area contributed by atoms with Crippen molar-refractivity contribution in [2.24, 2.45) is 0 Å². The van der Waals surface area contributed by atoms with Crippen LogP contribution in [0.3, 0.4) is 0 Å². The standard InChI is InChI=1S/C7H8O2P/c1-8-10-9-7-5-3-2-4-6-7/h2-6H,1H3. The third-order valence-electron chi connectivity index (χ3n) is 0.960. The summed E-state index contributed by atoms with van der Waals surface area (Å²) in [5, 5.41) is 0. The molecule has 3 heteroatoms. The van der Waals surface area contributed by atoms with E-state index in [0.29, 0.717) is 9.03 Å². The Kier molecular flexibility index (Phi) is 3.20. The summed E-state index contributed by atoms with van der Waals surface area (Å²) >= 11 is 0. The summed E-state index contributed by atoms with van der Waals surface area (Å²) in [7, 11) is 2.11. The highest BCUT2D eigenvalue weighted by atomic mass is 31.1. The molecule has 1 rings (SSSR count). The molecule has 0 heterocycles. The van der Waals surface area contributed by atoms with Crippen molar-refractivity contribution >= 4 is 9.03 Å². The predicted octanol–water partition coefficient (Wildman–Crippen LogP) is 2.49. The average Bonchev–Trinajstić information content (AvgIpc) is 2.03. The third-order valence-corrected chi connectivity index (χ3v) is 1.39. The van der Waals surface area contributed by atoms with Crippen LogP contribution in [-0.4, -0.2) is 7.11 Å². The van der Waals surface area contributed by atoms with Crippen LogP contribution >= 0.6 is 9.03 Å². The van der Waals surface area contributed by atoms with Gasteiger partial charge in [-0.3, -0.25) is 0 Å². The zero-order chi connectivity index (χ0) is 7.23. The highest BCUT2D eigenvalue weighted by molar-refractivity contribution is 7.26. The largest absolute Gasteiger partial charge is 0.440 e. The Labute approximate surface area is 62.1 Å². The lowest BCUT2D eigenvalue weighted by Crippen LogP contribution is -1.76. The van der Waals surface area contributed by atoms with E-state index < -0.39 is 0 Å². The van der Waals surface area contributed by atoms with E-state index in [1.165, 1.54) is 0 Å². The summed E-state index contributed by atoms with van der Waals surface area (Å²) in [6.45, 7) is 0. The lowest BCUT2D eigenvalue weighted by Gasteiger charge is -1.98. The highest BCUT2D eigenvalue weighted by Crippen LogP contribution is 2.19. The van der Waals surface area contributed by atoms with E-state index in [1.807, 2.05) is 30.3 Å². The van der Waals surface area contributed by atoms with Crippen LogP contribution in [0.25, 0.3) is 0 Å². The first-order chi connectivity index (χ1) is 4.93. The molecule has 0 aliphatic rings. The Bertz CT molecular complexity index is 176. The first kappa shape index (κ1) is 7.52. The molecule has 1 aromatic carbocycles. The van der Waals surface area contributed by atoms with Crippen LogP contribution < -0.4 is 4.52 Å². The van der Waals surface area contributed by atoms with Gasteiger partial charge in [0.25, 0.3) is 0 Å². The maximum atomic E-state index is 5.11. The molecule has 53 valence electrons. The summed E-state index contributed by atoms with van der Waals surface area (Å²) in [6.07, 6.45) is 0. The number of hydrogen-bond donors (Lipinski definition) is 0. The lowest BCUT2D eigenvalue weighted by atomic mass is 10.3. The van der Waals surface area contributed by atoms with Gasteiger partial charge >= 0.3 is 9.03 Å². The molecule has 0 aliphatic carbocycles. The molecule has 0 saturated heterocycles. The Hall–Kier alpha value is -0.590. The van der Waals surface area contributed by atoms with E-state index >= 15 is 0 Å². The summed E-state index contributed by atoms with van der Waals surface area (Å²) in [6, 6.07) is 9.54. The maximum absolute atomic E-state index is 5.11. The van der Waals surface area contributed by atoms with Gasteiger partial charge < -0.3 is 9.05 Å². The molecule has 0 N–H and O–H groups in total. The molecular weight excluding hydrogens is 147 g/mol. The van der Waals surface area contributed by atoms with E-state index in [9.17, 15) is 0 Å². The molecule has 1 aromatic rings. The van der Waals surface area contributed by atoms with Gasteiger partial charge in [-0.2, -0.15) is 0 Å². The van der Waals surface area contributed by atoms with Crippen LogP contribution in [-0.2, 0) is 4.52 Å². The van der Waals surface area contributed by atoms with Crippen LogP contribution in [0.1, 0.15) is 0 Å². The minimum atomic E-state index is 0.527. The number of rotatable bonds is 3. The normalized spacial score (nSPS) is 10.5. The molecule has 2 nitrogen and oxygen atoms in total. The van der Waals surface area contributed by atoms with Gasteiger partial charge in [-0.15, -0.1) is 0 Å². The SMILES string of the molecule is CO[P]Oc1ccccc1. The van der Waals surface area contributed by atoms with Crippen molar-refractivity contribution in [1.29, 1.82) is 0 Å². The van der Waals surface area contributed by atoms with Crippen molar-refractivity contribution in [3.05, 3.63) is 30.3 Å². The Morgan fingerprint density at radius 2 is 1.90 bits per heavy atom. The van der Waals surface area contributed by atoms with Gasteiger partial charge in [-0.25, -0.2) is 0 Å². The van der Waals surface area contributed by atoms with E-state index in [1.54, 1.807) is 7.11 Å². The minimum absolute atomic E-state index is 0.527. The van der Waals surface area contributed by atoms with Crippen molar-refractivity contribution in [2.45, 2.75) is 0 Å². The fraction of sp³-hybridized carbons (Fsp3) is 0.143. The molecule has 0 aromatic heterocycles. The van der Waals surface area contributed by atoms with Crippen LogP contribution in [0.2, 0.25) is 0 Å². The van der Waals surface area contributed by atoms with Crippen molar-refractivity contribution in [3.8, 4) is 5.75 Å². The molecule has 0 aliphatic heterocycles. The fourth-order valence-electron chi connectivity index (χ4n) is 0.562. The summed E-state index contributed by atoms with van der Waals surface area (Å²) < 4.78 is 9.80. The topological polar surface area (TPSA) is 18.5 Å². The number of hydrogen-bond acceptors (Lipinski definition) is 2. The van der Waals surface area contributed by atoms with Gasteiger partial charge in [0.15, 0.2) is 0 Å². The second-order valence-electron chi connectivity index (χ2n) is 1.66. The van der Waals surface area contributed by atoms with Crippen molar-refractivity contribution in [2.75, 3.05) is 7.11 Å². The highest BCUT2D eigenvalue weighted by Gasteiger charge is 1.89. The monoisotopic (exact) mass is 155 g/mol. The zero-order valence-corrected chi connectivity index (χ0v) is 6.54. The lowest BCUT2D eigenvalue weighted by molar-refractivity contribution is 0.417. The molecule has 0 amide bonds. The van der Waals surface area contributed by atoms with Crippen LogP contribution in [0.4, 0.5) is 0 Å². The Morgan fingerprint density at radius 1 is 1.20 bits per heavy atom. The Balaban J connectivity index is 2.43. The predicted molar refractivity (Wildman–Crippen MR) is 41.0 cm³/mol. The quantitative estimate of drug-likeness (QED) is 0.624. The second kappa shape index (κ2) is 4.26. The summed E-state index contributed by atoms with van der Waals surface area (Å²) in [5.74, 6) is 0.825. The molecule has 1 radical (unpaired) electrons. The second-order valence-corrected chi connectivity index (χ2v) is 2.36. The molecular formula is C7H8O2P. The zero-order valence-electron chi connectivity index (χ0n) is 5.65. The van der Waals surface area contributed by atoms with Gasteiger partial charge in [0.05, 0.1) is 0 Å². The number of para-hydroxylation sites is 1. The number of benzene rings is 1. The van der Waals surface area contributed by atoms with Gasteiger partial charge in [-0.05, 0) is 12.1 Å². The summed E-state index contributed by atoms with van der Waals surface area (Å²) in [5.41, 5.74) is 0. The van der Waals surface area contributed by atoms with Crippen LogP contribution in [0.15, 0.2) is 30.3 Å². The molecule has 0 spiro atoms. The van der Waals surface area contributed by atoms with Gasteiger partial charge in [0, 0.05) is 7.11 Å². The molecule has 0 fully saturated rings. The van der Waals surface area contributed by atoms with E-state index in [4.69, 9.17) is 9.05 Å². The molecule has 0 saturated carbocycles. The van der Waals surface area contributed by atoms with Crippen molar-refractivity contribution in [3.63, 3.8) is 0 Å². The first-order valence-electron chi connectivity index (χ1n) is 2.89. The van der Waals surface area contributed by atoms with Crippen LogP contribution in [0, 0.1) is 0 Å². The van der Waals surface area contributed by atoms with Crippen molar-refractivity contribution in [1.82, 2.24) is 0 Å². The van der Waals surface area contributed by atoms with Crippen LogP contribution in [0.5, 0.6) is 5.75 Å². The first-order valence-corrected chi connectivity index (χ1v) is 3.62. The van der Waals surface area contributed by atoms with Gasteiger partial charge in [-0.1, -0.05) is 18.2 Å². The van der Waals surface area contributed by atoms with Gasteiger partial charge in [0.2, 0.25) is 0 Å². The molecule has 0 atom stereocenters. The molecule has 10 heavy (non-hydrogen) atoms. The summed E-state index contributed by atoms with van der Waals surface area (Å²) in [4.78, 5) is 0. The van der Waals surface area contributed by atoms with E-state index in [2.05, 4.69) is 0 Å². The van der Waals surface area contributed by atoms with E-state index in [0.717, 1.165) is 5.75 Å². The molecule has 0 unspecified atom stereocenters. The van der Waals surface area contributed by atoms with E-state index in [-0.39, 0.29) is 0 Å². The third kappa shape index (κ3) is 2.34. The smallest absolute Gasteiger partial charge is 0.329 e. The Morgan fingerprint density at radius 3 is 2.50 bits per heavy atom. The fourth-order valence-corrected chi connectivity index (χ4v) is 0.844. The minimum Gasteiger partial charge on any atom is -0.440 e. The molecule has 0 bridgehead atoms. The maximum Gasteiger partial charge on any atom is 0.329 e. The average molecular weight is 155 g/mol. The van der Waals surface area contributed by atoms with Gasteiger partial charge in [0.1, 0.15) is 5.75 Å². The van der Waals surface area contributed by atoms with Crippen molar-refractivity contribution < 1.29 is 9.05 Å².